The van der Waals surface area contributed by atoms with Gasteiger partial charge in [-0.25, -0.2) is 4.98 Å². The van der Waals surface area contributed by atoms with E-state index in [1.807, 2.05) is 12.1 Å². The molecule has 0 aliphatic heterocycles. The average molecular weight is 265 g/mol. The Hall–Kier alpha value is -1.22. The molecule has 0 atom stereocenters. The second kappa shape index (κ2) is 4.81. The molecule has 2 aromatic rings. The Bertz CT molecular complexity index is 560. The Labute approximate surface area is 112 Å². The first kappa shape index (κ1) is 11.8. The lowest BCUT2D eigenvalue weighted by molar-refractivity contribution is 0.277. The van der Waals surface area contributed by atoms with Crippen LogP contribution in [0.5, 0.6) is 5.75 Å². The van der Waals surface area contributed by atoms with Crippen molar-refractivity contribution in [3.8, 4) is 5.75 Å². The molecule has 1 aromatic carbocycles. The number of benzene rings is 1. The van der Waals surface area contributed by atoms with E-state index in [0.29, 0.717) is 5.88 Å². The summed E-state index contributed by atoms with van der Waals surface area (Å²) in [5.74, 6) is 3.07. The van der Waals surface area contributed by atoms with E-state index in [-0.39, 0.29) is 0 Å². The van der Waals surface area contributed by atoms with Gasteiger partial charge in [-0.1, -0.05) is 6.42 Å². The van der Waals surface area contributed by atoms with Crippen molar-refractivity contribution >= 4 is 22.6 Å². The van der Waals surface area contributed by atoms with Crippen LogP contribution in [-0.2, 0) is 12.4 Å². The predicted molar refractivity (Wildman–Crippen MR) is 73.2 cm³/mol. The molecule has 3 rings (SSSR count). The summed E-state index contributed by atoms with van der Waals surface area (Å²) in [5, 5.41) is 0. The van der Waals surface area contributed by atoms with Crippen LogP contribution in [0.15, 0.2) is 18.2 Å². The lowest BCUT2D eigenvalue weighted by Gasteiger charge is -2.26. The normalized spacial score (nSPS) is 15.9. The SMILES string of the molecule is COc1ccc2c(c1)nc(CCl)n2CC1CCC1. The highest BCUT2D eigenvalue weighted by molar-refractivity contribution is 6.16. The van der Waals surface area contributed by atoms with E-state index in [0.717, 1.165) is 29.6 Å². The van der Waals surface area contributed by atoms with Crippen LogP contribution < -0.4 is 4.74 Å². The molecule has 0 spiro atoms. The second-order valence-electron chi connectivity index (χ2n) is 4.92. The third kappa shape index (κ3) is 1.97. The molecular formula is C14H17ClN2O. The fraction of sp³-hybridized carbons (Fsp3) is 0.500. The van der Waals surface area contributed by atoms with E-state index in [1.165, 1.54) is 24.8 Å². The van der Waals surface area contributed by atoms with Crippen LogP contribution in [0.3, 0.4) is 0 Å². The van der Waals surface area contributed by atoms with Gasteiger partial charge in [0.15, 0.2) is 0 Å². The Balaban J connectivity index is 2.03. The fourth-order valence-corrected chi connectivity index (χ4v) is 2.73. The first-order chi connectivity index (χ1) is 8.81. The summed E-state index contributed by atoms with van der Waals surface area (Å²) in [7, 11) is 1.68. The van der Waals surface area contributed by atoms with Crippen molar-refractivity contribution in [2.24, 2.45) is 5.92 Å². The van der Waals surface area contributed by atoms with Crippen molar-refractivity contribution in [2.75, 3.05) is 7.11 Å². The number of fused-ring (bicyclic) bond motifs is 1. The zero-order valence-corrected chi connectivity index (χ0v) is 11.3. The number of methoxy groups -OCH3 is 1. The fourth-order valence-electron chi connectivity index (χ4n) is 2.53. The largest absolute Gasteiger partial charge is 0.497 e. The van der Waals surface area contributed by atoms with Gasteiger partial charge in [-0.15, -0.1) is 11.6 Å². The van der Waals surface area contributed by atoms with Gasteiger partial charge in [0, 0.05) is 12.6 Å². The van der Waals surface area contributed by atoms with Crippen LogP contribution in [0, 0.1) is 5.92 Å². The van der Waals surface area contributed by atoms with Crippen LogP contribution >= 0.6 is 11.6 Å². The van der Waals surface area contributed by atoms with E-state index >= 15 is 0 Å². The molecule has 0 amide bonds. The summed E-state index contributed by atoms with van der Waals surface area (Å²) in [4.78, 5) is 4.60. The Kier molecular flexibility index (Phi) is 3.16. The van der Waals surface area contributed by atoms with Gasteiger partial charge in [0.1, 0.15) is 11.6 Å². The van der Waals surface area contributed by atoms with Crippen LogP contribution in [-0.4, -0.2) is 16.7 Å². The van der Waals surface area contributed by atoms with Gasteiger partial charge in [-0.05, 0) is 30.9 Å². The maximum absolute atomic E-state index is 6.01. The van der Waals surface area contributed by atoms with Gasteiger partial charge >= 0.3 is 0 Å². The number of aromatic nitrogens is 2. The summed E-state index contributed by atoms with van der Waals surface area (Å²) < 4.78 is 7.51. The van der Waals surface area contributed by atoms with Gasteiger partial charge in [-0.2, -0.15) is 0 Å². The van der Waals surface area contributed by atoms with Crippen molar-refractivity contribution in [1.29, 1.82) is 0 Å². The summed E-state index contributed by atoms with van der Waals surface area (Å²) in [6, 6.07) is 6.04. The van der Waals surface area contributed by atoms with E-state index < -0.39 is 0 Å². The van der Waals surface area contributed by atoms with Crippen molar-refractivity contribution in [3.63, 3.8) is 0 Å². The molecule has 0 unspecified atom stereocenters. The molecule has 1 heterocycles. The first-order valence-electron chi connectivity index (χ1n) is 6.41. The van der Waals surface area contributed by atoms with Crippen molar-refractivity contribution in [3.05, 3.63) is 24.0 Å². The smallest absolute Gasteiger partial charge is 0.124 e. The lowest BCUT2D eigenvalue weighted by atomic mass is 9.85. The first-order valence-corrected chi connectivity index (χ1v) is 6.94. The number of halogens is 1. The minimum absolute atomic E-state index is 0.462. The van der Waals surface area contributed by atoms with Gasteiger partial charge in [-0.3, -0.25) is 0 Å². The molecule has 0 saturated heterocycles. The van der Waals surface area contributed by atoms with Crippen LogP contribution in [0.2, 0.25) is 0 Å². The molecule has 0 radical (unpaired) electrons. The second-order valence-corrected chi connectivity index (χ2v) is 5.19. The Morgan fingerprint density at radius 1 is 1.44 bits per heavy atom. The number of imidazole rings is 1. The highest BCUT2D eigenvalue weighted by Crippen LogP contribution is 2.31. The third-order valence-electron chi connectivity index (χ3n) is 3.82. The standard InChI is InChI=1S/C14H17ClN2O/c1-18-11-5-6-13-12(7-11)16-14(8-15)17(13)9-10-3-2-4-10/h5-7,10H,2-4,8-9H2,1H3. The zero-order valence-electron chi connectivity index (χ0n) is 10.5. The average Bonchev–Trinajstić information content (AvgIpc) is 2.70. The maximum Gasteiger partial charge on any atom is 0.124 e. The molecule has 0 N–H and O–H groups in total. The summed E-state index contributed by atoms with van der Waals surface area (Å²) in [5.41, 5.74) is 2.14. The van der Waals surface area contributed by atoms with Crippen LogP contribution in [0.4, 0.5) is 0 Å². The topological polar surface area (TPSA) is 27.1 Å². The number of alkyl halides is 1. The molecule has 1 fully saturated rings. The highest BCUT2D eigenvalue weighted by atomic mass is 35.5. The van der Waals surface area contributed by atoms with Gasteiger partial charge in [0.25, 0.3) is 0 Å². The van der Waals surface area contributed by atoms with Gasteiger partial charge in [0.05, 0.1) is 24.0 Å². The minimum Gasteiger partial charge on any atom is -0.497 e. The number of hydrogen-bond acceptors (Lipinski definition) is 2. The monoisotopic (exact) mass is 264 g/mol. The Morgan fingerprint density at radius 3 is 2.89 bits per heavy atom. The summed E-state index contributed by atoms with van der Waals surface area (Å²) in [6.07, 6.45) is 4.02. The molecule has 1 aliphatic rings. The molecule has 18 heavy (non-hydrogen) atoms. The number of hydrogen-bond donors (Lipinski definition) is 0. The van der Waals surface area contributed by atoms with Crippen LogP contribution in [0.25, 0.3) is 11.0 Å². The minimum atomic E-state index is 0.462. The molecule has 1 aliphatic carbocycles. The lowest BCUT2D eigenvalue weighted by Crippen LogP contribution is -2.19. The summed E-state index contributed by atoms with van der Waals surface area (Å²) in [6.45, 7) is 1.05. The van der Waals surface area contributed by atoms with Crippen molar-refractivity contribution in [2.45, 2.75) is 31.7 Å². The maximum atomic E-state index is 6.01. The van der Waals surface area contributed by atoms with Crippen molar-refractivity contribution < 1.29 is 4.74 Å². The molecular weight excluding hydrogens is 248 g/mol. The molecule has 0 bridgehead atoms. The molecule has 96 valence electrons. The van der Waals surface area contributed by atoms with E-state index in [2.05, 4.69) is 15.6 Å². The number of rotatable bonds is 4. The third-order valence-corrected chi connectivity index (χ3v) is 4.06. The zero-order chi connectivity index (χ0) is 12.5. The van der Waals surface area contributed by atoms with E-state index in [4.69, 9.17) is 16.3 Å². The molecule has 4 heteroatoms. The van der Waals surface area contributed by atoms with Crippen LogP contribution in [0.1, 0.15) is 25.1 Å². The summed E-state index contributed by atoms with van der Waals surface area (Å²) >= 11 is 6.01. The van der Waals surface area contributed by atoms with Crippen molar-refractivity contribution in [1.82, 2.24) is 9.55 Å². The molecule has 1 saturated carbocycles. The molecule has 1 aromatic heterocycles. The number of ether oxygens (including phenoxy) is 1. The highest BCUT2D eigenvalue weighted by Gasteiger charge is 2.20. The quantitative estimate of drug-likeness (QED) is 0.789. The van der Waals surface area contributed by atoms with Gasteiger partial charge in [0.2, 0.25) is 0 Å². The van der Waals surface area contributed by atoms with E-state index in [9.17, 15) is 0 Å². The Morgan fingerprint density at radius 2 is 2.28 bits per heavy atom. The predicted octanol–water partition coefficient (Wildman–Crippen LogP) is 3.58. The van der Waals surface area contributed by atoms with E-state index in [1.54, 1.807) is 7.11 Å². The molecule has 3 nitrogen and oxygen atoms in total. The van der Waals surface area contributed by atoms with Gasteiger partial charge < -0.3 is 9.30 Å². The number of nitrogens with zero attached hydrogens (tertiary/aromatic N) is 2.